The highest BCUT2D eigenvalue weighted by molar-refractivity contribution is 5.91. The second-order valence-electron chi connectivity index (χ2n) is 15.5. The maximum absolute atomic E-state index is 12.9. The second-order valence-corrected chi connectivity index (χ2v) is 15.5. The smallest absolute Gasteiger partial charge is 0.339 e. The predicted molar refractivity (Wildman–Crippen MR) is 247 cm³/mol. The summed E-state index contributed by atoms with van der Waals surface area (Å²) < 4.78 is 36.1. The molecule has 0 aromatic heterocycles. The fourth-order valence-electron chi connectivity index (χ4n) is 7.04. The summed E-state index contributed by atoms with van der Waals surface area (Å²) in [5.41, 5.74) is 5.03. The average Bonchev–Trinajstić information content (AvgIpc) is 3.31. The van der Waals surface area contributed by atoms with E-state index in [0.717, 1.165) is 43.0 Å². The topological polar surface area (TPSA) is 289 Å². The standard InChI is InChI=1S/C26H23NO8.C13H9NO.C13H16O8/c1-15(28)32-23-12-21(13-24(33-16(2)29)25(23)34-17(3)30)26(31)35-22-10-8-20(9-11-22)19-6-4-18(14-27)5-7-19;14-9-10-1-3-11(4-2-10)12-5-7-13(15)8-6-12;1-6(14)19-10-4-9(13(17)18)5-11(20-7(2)15)12(10)21-8(3)16/h4-12,23-25H,13H2,1-3H3;1-8,15H;4,10-12H,5H2,1-3H3,(H,17,18)/t23-,24-,25-;;10-,11-,12-/m1.1/s1. The van der Waals surface area contributed by atoms with Gasteiger partial charge in [0, 0.05) is 65.5 Å². The van der Waals surface area contributed by atoms with Crippen molar-refractivity contribution in [2.24, 2.45) is 0 Å². The van der Waals surface area contributed by atoms with Crippen molar-refractivity contribution in [3.05, 3.63) is 131 Å². The maximum atomic E-state index is 12.9. The third kappa shape index (κ3) is 17.2. The lowest BCUT2D eigenvalue weighted by Crippen LogP contribution is -2.47. The Morgan fingerprint density at radius 1 is 0.465 bits per heavy atom. The molecule has 0 radical (unpaired) electrons. The lowest BCUT2D eigenvalue weighted by atomic mass is 9.91. The maximum Gasteiger partial charge on any atom is 0.339 e. The van der Waals surface area contributed by atoms with Crippen molar-refractivity contribution in [3.8, 4) is 45.9 Å². The number of aliphatic carboxylic acids is 1. The number of rotatable bonds is 11. The van der Waals surface area contributed by atoms with Gasteiger partial charge >= 0.3 is 47.8 Å². The Kier molecular flexibility index (Phi) is 19.9. The molecular weight excluding hydrogens is 925 g/mol. The van der Waals surface area contributed by atoms with Gasteiger partial charge in [-0.2, -0.15) is 10.5 Å². The first-order chi connectivity index (χ1) is 33.6. The number of ether oxygens (including phenoxy) is 7. The van der Waals surface area contributed by atoms with Gasteiger partial charge in [-0.1, -0.05) is 48.5 Å². The Bertz CT molecular complexity index is 2750. The zero-order chi connectivity index (χ0) is 52.4. The number of carboxylic acids is 1. The Hall–Kier alpha value is -9.10. The number of esters is 7. The molecule has 0 aliphatic heterocycles. The van der Waals surface area contributed by atoms with Crippen LogP contribution in [0.15, 0.2) is 120 Å². The monoisotopic (exact) mass is 972 g/mol. The number of hydrogen-bond donors (Lipinski definition) is 2. The summed E-state index contributed by atoms with van der Waals surface area (Å²) >= 11 is 0. The van der Waals surface area contributed by atoms with E-state index in [4.69, 9.17) is 53.9 Å². The Morgan fingerprint density at radius 2 is 0.789 bits per heavy atom. The third-order valence-electron chi connectivity index (χ3n) is 9.96. The molecule has 0 spiro atoms. The van der Waals surface area contributed by atoms with E-state index in [2.05, 4.69) is 12.1 Å². The molecule has 0 bridgehead atoms. The largest absolute Gasteiger partial charge is 0.508 e. The molecule has 4 aromatic carbocycles. The van der Waals surface area contributed by atoms with Gasteiger partial charge in [0.2, 0.25) is 0 Å². The molecule has 0 unspecified atom stereocenters. The van der Waals surface area contributed by atoms with Crippen LogP contribution in [0.5, 0.6) is 11.5 Å². The number of carboxylic acid groups (broad SMARTS) is 1. The summed E-state index contributed by atoms with van der Waals surface area (Å²) in [5, 5.41) is 35.8. The summed E-state index contributed by atoms with van der Waals surface area (Å²) in [6, 6.07) is 32.3. The predicted octanol–water partition coefficient (Wildman–Crippen LogP) is 6.38. The molecule has 19 nitrogen and oxygen atoms in total. The molecule has 368 valence electrons. The van der Waals surface area contributed by atoms with E-state index in [1.165, 1.54) is 32.9 Å². The molecule has 4 aromatic rings. The number of benzene rings is 4. The van der Waals surface area contributed by atoms with Crippen molar-refractivity contribution in [1.82, 2.24) is 0 Å². The molecule has 2 N–H and O–H groups in total. The van der Waals surface area contributed by atoms with Crippen molar-refractivity contribution in [2.45, 2.75) is 91.0 Å². The van der Waals surface area contributed by atoms with Crippen LogP contribution in [-0.4, -0.2) is 94.6 Å². The van der Waals surface area contributed by atoms with E-state index in [1.54, 1.807) is 60.7 Å². The zero-order valence-electron chi connectivity index (χ0n) is 39.2. The molecular formula is C52H48N2O17. The minimum absolute atomic E-state index is 0.0871. The molecule has 0 fully saturated rings. The number of phenols is 1. The third-order valence-corrected chi connectivity index (χ3v) is 9.96. The second kappa shape index (κ2) is 25.9. The van der Waals surface area contributed by atoms with Crippen LogP contribution < -0.4 is 4.74 Å². The minimum atomic E-state index is -1.23. The molecule has 2 aliphatic carbocycles. The van der Waals surface area contributed by atoms with Gasteiger partial charge in [-0.15, -0.1) is 0 Å². The van der Waals surface area contributed by atoms with Gasteiger partial charge < -0.3 is 43.4 Å². The van der Waals surface area contributed by atoms with E-state index in [1.807, 2.05) is 36.4 Å². The first kappa shape index (κ1) is 54.5. The van der Waals surface area contributed by atoms with Gasteiger partial charge in [-0.25, -0.2) is 9.59 Å². The van der Waals surface area contributed by atoms with E-state index in [9.17, 15) is 38.4 Å². The van der Waals surface area contributed by atoms with Crippen LogP contribution >= 0.6 is 0 Å². The molecule has 2 aliphatic rings. The fraction of sp³-hybridized carbons (Fsp3) is 0.269. The number of hydrogen-bond acceptors (Lipinski definition) is 18. The molecule has 0 saturated heterocycles. The quantitative estimate of drug-likeness (QED) is 0.0935. The number of phenolic OH excluding ortho intramolecular Hbond substituents is 1. The van der Waals surface area contributed by atoms with Crippen molar-refractivity contribution in [1.29, 1.82) is 10.5 Å². The van der Waals surface area contributed by atoms with Crippen LogP contribution in [0.2, 0.25) is 0 Å². The number of nitriles is 2. The van der Waals surface area contributed by atoms with E-state index >= 15 is 0 Å². The van der Waals surface area contributed by atoms with Crippen LogP contribution in [0.25, 0.3) is 22.3 Å². The number of aromatic hydroxyl groups is 1. The van der Waals surface area contributed by atoms with Crippen molar-refractivity contribution in [2.75, 3.05) is 0 Å². The minimum Gasteiger partial charge on any atom is -0.508 e. The highest BCUT2D eigenvalue weighted by Crippen LogP contribution is 2.31. The summed E-state index contributed by atoms with van der Waals surface area (Å²) in [6.45, 7) is 6.94. The lowest BCUT2D eigenvalue weighted by Gasteiger charge is -2.34. The van der Waals surface area contributed by atoms with E-state index in [0.29, 0.717) is 11.1 Å². The molecule has 0 heterocycles. The van der Waals surface area contributed by atoms with Gasteiger partial charge in [0.25, 0.3) is 0 Å². The van der Waals surface area contributed by atoms with Crippen molar-refractivity contribution >= 4 is 47.8 Å². The van der Waals surface area contributed by atoms with Gasteiger partial charge in [0.1, 0.15) is 23.7 Å². The van der Waals surface area contributed by atoms with Gasteiger partial charge in [-0.3, -0.25) is 28.8 Å². The summed E-state index contributed by atoms with van der Waals surface area (Å²) in [7, 11) is 0. The van der Waals surface area contributed by atoms with E-state index < -0.39 is 84.4 Å². The highest BCUT2D eigenvalue weighted by atomic mass is 16.6. The first-order valence-corrected chi connectivity index (χ1v) is 21.5. The number of nitrogens with zero attached hydrogens (tertiary/aromatic N) is 2. The molecule has 71 heavy (non-hydrogen) atoms. The fourth-order valence-corrected chi connectivity index (χ4v) is 7.04. The lowest BCUT2D eigenvalue weighted by molar-refractivity contribution is -0.180. The van der Waals surface area contributed by atoms with Gasteiger partial charge in [0.05, 0.1) is 23.3 Å². The molecule has 6 atom stereocenters. The summed E-state index contributed by atoms with van der Waals surface area (Å²) in [6.07, 6.45) is -4.28. The van der Waals surface area contributed by atoms with Crippen LogP contribution in [0.3, 0.4) is 0 Å². The zero-order valence-corrected chi connectivity index (χ0v) is 39.2. The molecule has 19 heteroatoms. The Morgan fingerprint density at radius 3 is 1.13 bits per heavy atom. The summed E-state index contributed by atoms with van der Waals surface area (Å²) in [4.78, 5) is 92.1. The SMILES string of the molecule is CC(=O)O[C@@H]1[C@H](OC(C)=O)C=C(C(=O)O)C[C@H]1OC(C)=O.CC(=O)O[C@@H]1[C@H](OC(C)=O)C=C(C(=O)Oc2ccc(-c3ccc(C#N)cc3)cc2)C[C@H]1OC(C)=O.N#Cc1ccc(-c2ccc(O)cc2)cc1. The van der Waals surface area contributed by atoms with E-state index in [-0.39, 0.29) is 35.5 Å². The van der Waals surface area contributed by atoms with Crippen molar-refractivity contribution < 1.29 is 81.7 Å². The highest BCUT2D eigenvalue weighted by Gasteiger charge is 2.43. The Labute approximate surface area is 407 Å². The molecule has 0 saturated carbocycles. The van der Waals surface area contributed by atoms with Crippen LogP contribution in [0.4, 0.5) is 0 Å². The molecule has 6 rings (SSSR count). The van der Waals surface area contributed by atoms with Gasteiger partial charge in [-0.05, 0) is 82.9 Å². The number of carbonyl (C=O) groups excluding carboxylic acids is 7. The normalized spacial score (nSPS) is 18.6. The Balaban J connectivity index is 0.000000257. The van der Waals surface area contributed by atoms with Crippen molar-refractivity contribution in [3.63, 3.8) is 0 Å². The first-order valence-electron chi connectivity index (χ1n) is 21.5. The van der Waals surface area contributed by atoms with Crippen LogP contribution in [-0.2, 0) is 66.8 Å². The van der Waals surface area contributed by atoms with Gasteiger partial charge in [0.15, 0.2) is 24.4 Å². The number of carbonyl (C=O) groups is 8. The van der Waals surface area contributed by atoms with Crippen LogP contribution in [0, 0.1) is 22.7 Å². The van der Waals surface area contributed by atoms with Crippen LogP contribution in [0.1, 0.15) is 65.5 Å². The molecule has 0 amide bonds. The average molecular weight is 973 g/mol. The summed E-state index contributed by atoms with van der Waals surface area (Å²) in [5.74, 6) is -5.42.